The number of carbonyl (C=O) groups is 3. The summed E-state index contributed by atoms with van der Waals surface area (Å²) in [5.74, 6) is -0.508. The molecule has 1 aromatic carbocycles. The molecule has 2 aliphatic rings. The number of benzene rings is 1. The van der Waals surface area contributed by atoms with Crippen LogP contribution in [0.15, 0.2) is 47.1 Å². The van der Waals surface area contributed by atoms with Crippen molar-refractivity contribution in [2.24, 2.45) is 0 Å². The molecule has 2 fully saturated rings. The first-order valence-electron chi connectivity index (χ1n) is 11.0. The van der Waals surface area contributed by atoms with Gasteiger partial charge in [-0.15, -0.1) is 0 Å². The topological polar surface area (TPSA) is 80.1 Å². The van der Waals surface area contributed by atoms with Crippen LogP contribution in [0, 0.1) is 0 Å². The normalized spacial score (nSPS) is 18.3. The molecule has 8 heteroatoms. The molecule has 1 aromatic heterocycles. The maximum absolute atomic E-state index is 13.2. The van der Waals surface area contributed by atoms with Crippen molar-refractivity contribution < 1.29 is 23.5 Å². The van der Waals surface area contributed by atoms with Gasteiger partial charge in [-0.2, -0.15) is 0 Å². The zero-order chi connectivity index (χ0) is 22.6. The highest BCUT2D eigenvalue weighted by atomic mass is 35.5. The molecule has 1 saturated heterocycles. The van der Waals surface area contributed by atoms with Gasteiger partial charge in [-0.25, -0.2) is 0 Å². The van der Waals surface area contributed by atoms with Crippen LogP contribution in [-0.2, 0) is 19.7 Å². The second-order valence-electron chi connectivity index (χ2n) is 8.38. The molecule has 2 amide bonds. The minimum absolute atomic E-state index is 0.186. The summed E-state index contributed by atoms with van der Waals surface area (Å²) in [6, 6.07) is 10.7. The fraction of sp³-hybridized carbons (Fsp3) is 0.458. The number of halogens is 1. The Morgan fingerprint density at radius 3 is 2.34 bits per heavy atom. The Morgan fingerprint density at radius 1 is 0.969 bits per heavy atom. The summed E-state index contributed by atoms with van der Waals surface area (Å²) in [7, 11) is 0. The molecule has 170 valence electrons. The largest absolute Gasteiger partial charge is 0.459 e. The second kappa shape index (κ2) is 9.77. The van der Waals surface area contributed by atoms with Crippen molar-refractivity contribution in [2.45, 2.75) is 37.5 Å². The molecular weight excluding hydrogens is 432 g/mol. The summed E-state index contributed by atoms with van der Waals surface area (Å²) in [6.45, 7) is 1.30. The van der Waals surface area contributed by atoms with E-state index in [-0.39, 0.29) is 30.2 Å². The van der Waals surface area contributed by atoms with Gasteiger partial charge in [0.25, 0.3) is 11.8 Å². The van der Waals surface area contributed by atoms with Gasteiger partial charge in [0.15, 0.2) is 12.4 Å². The lowest BCUT2D eigenvalue weighted by Gasteiger charge is -2.36. The number of esters is 1. The first-order valence-corrected chi connectivity index (χ1v) is 11.4. The molecule has 1 saturated carbocycles. The quantitative estimate of drug-likeness (QED) is 0.639. The zero-order valence-corrected chi connectivity index (χ0v) is 18.7. The fourth-order valence-electron chi connectivity index (χ4n) is 4.62. The first-order chi connectivity index (χ1) is 15.5. The van der Waals surface area contributed by atoms with E-state index >= 15 is 0 Å². The number of nitrogens with zero attached hydrogens (tertiary/aromatic N) is 2. The standard InChI is InChI=1S/C24H27ClN2O5/c25-19-7-4-6-18(16-19)24(9-2-1-3-10-24)23(30)32-17-21(28)26-11-13-27(14-12-26)22(29)20-8-5-15-31-20/h4-8,15-16H,1-3,9-14,17H2. The van der Waals surface area contributed by atoms with Crippen LogP contribution in [0.5, 0.6) is 0 Å². The van der Waals surface area contributed by atoms with E-state index in [0.29, 0.717) is 44.0 Å². The van der Waals surface area contributed by atoms with Crippen LogP contribution in [0.1, 0.15) is 48.2 Å². The van der Waals surface area contributed by atoms with E-state index in [1.54, 1.807) is 28.0 Å². The highest BCUT2D eigenvalue weighted by molar-refractivity contribution is 6.30. The molecule has 2 heterocycles. The Balaban J connectivity index is 1.34. The molecule has 0 unspecified atom stereocenters. The van der Waals surface area contributed by atoms with E-state index in [9.17, 15) is 14.4 Å². The Bertz CT molecular complexity index is 961. The number of amides is 2. The van der Waals surface area contributed by atoms with Crippen LogP contribution in [0.3, 0.4) is 0 Å². The van der Waals surface area contributed by atoms with Gasteiger partial charge >= 0.3 is 5.97 Å². The molecule has 1 aliphatic heterocycles. The van der Waals surface area contributed by atoms with Gasteiger partial charge < -0.3 is 19.0 Å². The predicted octanol–water partition coefficient (Wildman–Crippen LogP) is 3.66. The SMILES string of the molecule is O=C(COC(=O)C1(c2cccc(Cl)c2)CCCCC1)N1CCN(C(=O)c2ccco2)CC1. The van der Waals surface area contributed by atoms with E-state index in [0.717, 1.165) is 24.8 Å². The minimum Gasteiger partial charge on any atom is -0.459 e. The van der Waals surface area contributed by atoms with Crippen LogP contribution in [0.25, 0.3) is 0 Å². The maximum Gasteiger partial charge on any atom is 0.317 e. The third kappa shape index (κ3) is 4.67. The molecule has 0 bridgehead atoms. The van der Waals surface area contributed by atoms with Crippen LogP contribution < -0.4 is 0 Å². The summed E-state index contributed by atoms with van der Waals surface area (Å²) < 4.78 is 10.7. The van der Waals surface area contributed by atoms with Crippen molar-refractivity contribution in [1.29, 1.82) is 0 Å². The lowest BCUT2D eigenvalue weighted by atomic mass is 9.69. The number of hydrogen-bond acceptors (Lipinski definition) is 5. The number of piperazine rings is 1. The van der Waals surface area contributed by atoms with Gasteiger partial charge in [0.1, 0.15) is 0 Å². The zero-order valence-electron chi connectivity index (χ0n) is 17.9. The van der Waals surface area contributed by atoms with Gasteiger partial charge in [0.2, 0.25) is 0 Å². The van der Waals surface area contributed by atoms with Crippen molar-refractivity contribution in [3.8, 4) is 0 Å². The van der Waals surface area contributed by atoms with Gasteiger partial charge in [0, 0.05) is 31.2 Å². The third-order valence-corrected chi connectivity index (χ3v) is 6.69. The summed E-state index contributed by atoms with van der Waals surface area (Å²) in [5, 5.41) is 0.582. The summed E-state index contributed by atoms with van der Waals surface area (Å²) in [5.41, 5.74) is 0.101. The highest BCUT2D eigenvalue weighted by Gasteiger charge is 2.43. The summed E-state index contributed by atoms with van der Waals surface area (Å²) >= 11 is 6.18. The minimum atomic E-state index is -0.752. The van der Waals surface area contributed by atoms with E-state index < -0.39 is 5.41 Å². The van der Waals surface area contributed by atoms with E-state index in [1.807, 2.05) is 18.2 Å². The number of rotatable bonds is 5. The van der Waals surface area contributed by atoms with Gasteiger partial charge in [-0.1, -0.05) is 43.0 Å². The van der Waals surface area contributed by atoms with E-state index in [1.165, 1.54) is 6.26 Å². The lowest BCUT2D eigenvalue weighted by Crippen LogP contribution is -2.51. The molecule has 0 radical (unpaired) electrons. The average molecular weight is 459 g/mol. The van der Waals surface area contributed by atoms with Crippen molar-refractivity contribution in [3.05, 3.63) is 59.0 Å². The lowest BCUT2D eigenvalue weighted by molar-refractivity contribution is -0.158. The monoisotopic (exact) mass is 458 g/mol. The number of carbonyl (C=O) groups excluding carboxylic acids is 3. The van der Waals surface area contributed by atoms with Crippen LogP contribution in [0.2, 0.25) is 5.02 Å². The molecule has 2 aromatic rings. The van der Waals surface area contributed by atoms with Crippen molar-refractivity contribution in [2.75, 3.05) is 32.8 Å². The number of hydrogen-bond donors (Lipinski definition) is 0. The van der Waals surface area contributed by atoms with Crippen LogP contribution in [-0.4, -0.2) is 60.4 Å². The number of ether oxygens (including phenoxy) is 1. The molecule has 0 atom stereocenters. The summed E-state index contributed by atoms with van der Waals surface area (Å²) in [4.78, 5) is 41.5. The molecule has 1 aliphatic carbocycles. The Hall–Kier alpha value is -2.80. The average Bonchev–Trinajstić information content (AvgIpc) is 3.37. The number of furan rings is 1. The molecule has 0 spiro atoms. The highest BCUT2D eigenvalue weighted by Crippen LogP contribution is 2.41. The Labute approximate surface area is 192 Å². The van der Waals surface area contributed by atoms with Gasteiger partial charge in [0.05, 0.1) is 11.7 Å². The molecule has 32 heavy (non-hydrogen) atoms. The Morgan fingerprint density at radius 2 is 1.69 bits per heavy atom. The molecule has 4 rings (SSSR count). The van der Waals surface area contributed by atoms with Gasteiger partial charge in [-0.3, -0.25) is 14.4 Å². The van der Waals surface area contributed by atoms with Crippen LogP contribution in [0.4, 0.5) is 0 Å². The molecule has 7 nitrogen and oxygen atoms in total. The van der Waals surface area contributed by atoms with E-state index in [4.69, 9.17) is 20.8 Å². The van der Waals surface area contributed by atoms with Crippen molar-refractivity contribution >= 4 is 29.4 Å². The van der Waals surface area contributed by atoms with Crippen LogP contribution >= 0.6 is 11.6 Å². The fourth-order valence-corrected chi connectivity index (χ4v) is 4.81. The van der Waals surface area contributed by atoms with Gasteiger partial charge in [-0.05, 0) is 42.7 Å². The second-order valence-corrected chi connectivity index (χ2v) is 8.82. The van der Waals surface area contributed by atoms with E-state index in [2.05, 4.69) is 0 Å². The van der Waals surface area contributed by atoms with Crippen molar-refractivity contribution in [1.82, 2.24) is 9.80 Å². The maximum atomic E-state index is 13.2. The molecule has 0 N–H and O–H groups in total. The Kier molecular flexibility index (Phi) is 6.84. The smallest absolute Gasteiger partial charge is 0.317 e. The van der Waals surface area contributed by atoms with Crippen molar-refractivity contribution in [3.63, 3.8) is 0 Å². The predicted molar refractivity (Wildman–Crippen MR) is 118 cm³/mol. The summed E-state index contributed by atoms with van der Waals surface area (Å²) in [6.07, 6.45) is 5.78. The molecular formula is C24H27ClN2O5. The third-order valence-electron chi connectivity index (χ3n) is 6.45. The first kappa shape index (κ1) is 22.4.